The predicted molar refractivity (Wildman–Crippen MR) is 113 cm³/mol. The average molecular weight is 443 g/mol. The number of benzene rings is 2. The van der Waals surface area contributed by atoms with Gasteiger partial charge in [-0.3, -0.25) is 9.59 Å². The van der Waals surface area contributed by atoms with E-state index in [-0.39, 0.29) is 11.8 Å². The van der Waals surface area contributed by atoms with Crippen LogP contribution in [0.5, 0.6) is 5.75 Å². The van der Waals surface area contributed by atoms with Gasteiger partial charge in [0.15, 0.2) is 0 Å². The van der Waals surface area contributed by atoms with Gasteiger partial charge in [0.2, 0.25) is 11.8 Å². The van der Waals surface area contributed by atoms with Crippen molar-refractivity contribution in [1.29, 1.82) is 0 Å². The van der Waals surface area contributed by atoms with Crippen LogP contribution in [0.2, 0.25) is 0 Å². The molecule has 2 amide bonds. The molecule has 2 aliphatic rings. The van der Waals surface area contributed by atoms with E-state index >= 15 is 0 Å². The highest BCUT2D eigenvalue weighted by molar-refractivity contribution is 9.10. The first-order chi connectivity index (χ1) is 13.6. The third kappa shape index (κ3) is 4.22. The molecule has 0 bridgehead atoms. The van der Waals surface area contributed by atoms with Gasteiger partial charge in [-0.05, 0) is 73.2 Å². The van der Waals surface area contributed by atoms with Crippen LogP contribution in [0.15, 0.2) is 40.9 Å². The second-order valence-electron chi connectivity index (χ2n) is 7.24. The number of hydrogen-bond donors (Lipinski definition) is 1. The molecule has 0 radical (unpaired) electrons. The second-order valence-corrected chi connectivity index (χ2v) is 8.16. The van der Waals surface area contributed by atoms with Gasteiger partial charge in [-0.15, -0.1) is 0 Å². The first-order valence-electron chi connectivity index (χ1n) is 9.74. The SMILES string of the molecule is O=C1CCc2cc(OCCCC(=O)N3CCCc4cc(Br)ccc43)ccc2N1. The summed E-state index contributed by atoms with van der Waals surface area (Å²) >= 11 is 3.51. The lowest BCUT2D eigenvalue weighted by atomic mass is 10.0. The average Bonchev–Trinajstić information content (AvgIpc) is 2.70. The van der Waals surface area contributed by atoms with Crippen LogP contribution in [0, 0.1) is 0 Å². The van der Waals surface area contributed by atoms with Crippen LogP contribution < -0.4 is 15.0 Å². The van der Waals surface area contributed by atoms with E-state index in [2.05, 4.69) is 27.3 Å². The van der Waals surface area contributed by atoms with Crippen molar-refractivity contribution in [2.75, 3.05) is 23.4 Å². The van der Waals surface area contributed by atoms with Gasteiger partial charge in [0, 0.05) is 35.2 Å². The molecular weight excluding hydrogens is 420 g/mol. The Hall–Kier alpha value is -2.34. The Labute approximate surface area is 173 Å². The maximum atomic E-state index is 12.7. The van der Waals surface area contributed by atoms with Crippen LogP contribution in [0.4, 0.5) is 11.4 Å². The van der Waals surface area contributed by atoms with E-state index in [4.69, 9.17) is 4.74 Å². The van der Waals surface area contributed by atoms with Crippen molar-refractivity contribution >= 4 is 39.1 Å². The molecule has 5 nitrogen and oxygen atoms in total. The Bertz CT molecular complexity index is 913. The Kier molecular flexibility index (Phi) is 5.67. The summed E-state index contributed by atoms with van der Waals surface area (Å²) < 4.78 is 6.89. The lowest BCUT2D eigenvalue weighted by Crippen LogP contribution is -2.35. The first-order valence-corrected chi connectivity index (χ1v) is 10.5. The number of fused-ring (bicyclic) bond motifs is 2. The molecule has 0 saturated heterocycles. The van der Waals surface area contributed by atoms with E-state index in [1.807, 2.05) is 35.2 Å². The molecule has 0 atom stereocenters. The molecular formula is C22H23BrN2O3. The van der Waals surface area contributed by atoms with Crippen molar-refractivity contribution < 1.29 is 14.3 Å². The number of nitrogens with zero attached hydrogens (tertiary/aromatic N) is 1. The first kappa shape index (κ1) is 19.0. The molecule has 146 valence electrons. The van der Waals surface area contributed by atoms with E-state index in [0.717, 1.165) is 53.0 Å². The molecule has 0 spiro atoms. The van der Waals surface area contributed by atoms with Crippen molar-refractivity contribution in [3.8, 4) is 5.75 Å². The fourth-order valence-corrected chi connectivity index (χ4v) is 4.23. The Morgan fingerprint density at radius 3 is 2.89 bits per heavy atom. The number of ether oxygens (including phenoxy) is 1. The minimum Gasteiger partial charge on any atom is -0.494 e. The molecule has 2 heterocycles. The van der Waals surface area contributed by atoms with Gasteiger partial charge in [-0.2, -0.15) is 0 Å². The maximum absolute atomic E-state index is 12.7. The molecule has 2 aliphatic heterocycles. The topological polar surface area (TPSA) is 58.6 Å². The molecule has 0 aliphatic carbocycles. The summed E-state index contributed by atoms with van der Waals surface area (Å²) in [6, 6.07) is 11.9. The van der Waals surface area contributed by atoms with Crippen molar-refractivity contribution in [3.05, 3.63) is 52.0 Å². The highest BCUT2D eigenvalue weighted by Gasteiger charge is 2.22. The van der Waals surface area contributed by atoms with Gasteiger partial charge in [0.1, 0.15) is 5.75 Å². The van der Waals surface area contributed by atoms with Crippen molar-refractivity contribution in [2.24, 2.45) is 0 Å². The highest BCUT2D eigenvalue weighted by Crippen LogP contribution is 2.30. The van der Waals surface area contributed by atoms with E-state index in [1.54, 1.807) is 0 Å². The van der Waals surface area contributed by atoms with Crippen LogP contribution >= 0.6 is 15.9 Å². The highest BCUT2D eigenvalue weighted by atomic mass is 79.9. The molecule has 28 heavy (non-hydrogen) atoms. The largest absolute Gasteiger partial charge is 0.494 e. The Morgan fingerprint density at radius 1 is 1.11 bits per heavy atom. The fraction of sp³-hybridized carbons (Fsp3) is 0.364. The van der Waals surface area contributed by atoms with Crippen LogP contribution in [0.1, 0.15) is 36.8 Å². The third-order valence-electron chi connectivity index (χ3n) is 5.24. The summed E-state index contributed by atoms with van der Waals surface area (Å²) in [5, 5.41) is 2.87. The molecule has 0 saturated carbocycles. The summed E-state index contributed by atoms with van der Waals surface area (Å²) in [4.78, 5) is 26.0. The van der Waals surface area contributed by atoms with Crippen LogP contribution in [0.3, 0.4) is 0 Å². The number of hydrogen-bond acceptors (Lipinski definition) is 3. The zero-order chi connectivity index (χ0) is 19.5. The second kappa shape index (κ2) is 8.35. The molecule has 6 heteroatoms. The number of carbonyl (C=O) groups is 2. The van der Waals surface area contributed by atoms with Gasteiger partial charge in [0.25, 0.3) is 0 Å². The zero-order valence-electron chi connectivity index (χ0n) is 15.7. The summed E-state index contributed by atoms with van der Waals surface area (Å²) in [7, 11) is 0. The smallest absolute Gasteiger partial charge is 0.227 e. The minimum atomic E-state index is 0.0614. The van der Waals surface area contributed by atoms with Crippen molar-refractivity contribution in [1.82, 2.24) is 0 Å². The molecule has 2 aromatic carbocycles. The summed E-state index contributed by atoms with van der Waals surface area (Å²) in [6.45, 7) is 1.28. The summed E-state index contributed by atoms with van der Waals surface area (Å²) in [5.41, 5.74) is 4.24. The Morgan fingerprint density at radius 2 is 2.00 bits per heavy atom. The molecule has 0 unspecified atom stereocenters. The van der Waals surface area contributed by atoms with E-state index in [0.29, 0.717) is 25.9 Å². The number of anilines is 2. The van der Waals surface area contributed by atoms with Gasteiger partial charge >= 0.3 is 0 Å². The van der Waals surface area contributed by atoms with Gasteiger partial charge < -0.3 is 15.0 Å². The van der Waals surface area contributed by atoms with Crippen molar-refractivity contribution in [3.63, 3.8) is 0 Å². The summed E-state index contributed by atoms with van der Waals surface area (Å²) in [5.74, 6) is 1.00. The number of amides is 2. The van der Waals surface area contributed by atoms with E-state index < -0.39 is 0 Å². The fourth-order valence-electron chi connectivity index (χ4n) is 3.82. The normalized spacial score (nSPS) is 15.5. The number of halogens is 1. The van der Waals surface area contributed by atoms with Crippen LogP contribution in [-0.4, -0.2) is 25.0 Å². The number of nitrogens with one attached hydrogen (secondary N) is 1. The van der Waals surface area contributed by atoms with Gasteiger partial charge in [0.05, 0.1) is 6.61 Å². The molecule has 1 N–H and O–H groups in total. The molecule has 0 fully saturated rings. The summed E-state index contributed by atoms with van der Waals surface area (Å²) in [6.07, 6.45) is 4.41. The van der Waals surface area contributed by atoms with Gasteiger partial charge in [-0.25, -0.2) is 0 Å². The number of carbonyl (C=O) groups excluding carboxylic acids is 2. The Balaban J connectivity index is 1.29. The molecule has 0 aromatic heterocycles. The standard InChI is InChI=1S/C22H23BrN2O3/c23-17-6-9-20-16(13-17)3-1-11-25(20)22(27)4-2-12-28-18-7-8-19-15(14-18)5-10-21(26)24-19/h6-9,13-14H,1-5,10-12H2,(H,24,26). The van der Waals surface area contributed by atoms with Crippen molar-refractivity contribution in [2.45, 2.75) is 38.5 Å². The quantitative estimate of drug-likeness (QED) is 0.694. The predicted octanol–water partition coefficient (Wildman–Crippen LogP) is 4.47. The zero-order valence-corrected chi connectivity index (χ0v) is 17.3. The van der Waals surface area contributed by atoms with Crippen LogP contribution in [-0.2, 0) is 22.4 Å². The monoisotopic (exact) mass is 442 g/mol. The van der Waals surface area contributed by atoms with Crippen LogP contribution in [0.25, 0.3) is 0 Å². The van der Waals surface area contributed by atoms with E-state index in [1.165, 1.54) is 5.56 Å². The minimum absolute atomic E-state index is 0.0614. The number of rotatable bonds is 5. The lowest BCUT2D eigenvalue weighted by Gasteiger charge is -2.29. The maximum Gasteiger partial charge on any atom is 0.227 e. The van der Waals surface area contributed by atoms with E-state index in [9.17, 15) is 9.59 Å². The molecule has 2 aromatic rings. The third-order valence-corrected chi connectivity index (χ3v) is 5.73. The molecule has 4 rings (SSSR count). The van der Waals surface area contributed by atoms with Gasteiger partial charge in [-0.1, -0.05) is 15.9 Å². The number of aryl methyl sites for hydroxylation is 2. The lowest BCUT2D eigenvalue weighted by molar-refractivity contribution is -0.119.